The Kier molecular flexibility index (Phi) is 6.98. The van der Waals surface area contributed by atoms with Crippen molar-refractivity contribution in [2.45, 2.75) is 26.5 Å². The van der Waals surface area contributed by atoms with Crippen LogP contribution in [0, 0.1) is 13.8 Å². The van der Waals surface area contributed by atoms with Gasteiger partial charge in [-0.25, -0.2) is 4.98 Å². The second kappa shape index (κ2) is 10.5. The minimum atomic E-state index is -0.823. The summed E-state index contributed by atoms with van der Waals surface area (Å²) in [7, 11) is 1.53. The molecule has 38 heavy (non-hydrogen) atoms. The molecule has 1 aliphatic heterocycles. The topological polar surface area (TPSA) is 93.4 Å². The summed E-state index contributed by atoms with van der Waals surface area (Å²) in [6.45, 7) is 4.54. The van der Waals surface area contributed by atoms with E-state index in [4.69, 9.17) is 9.47 Å². The predicted octanol–water partition coefficient (Wildman–Crippen LogP) is 4.60. The maximum atomic E-state index is 13.4. The number of aryl methyl sites for hydroxylation is 2. The van der Waals surface area contributed by atoms with Crippen molar-refractivity contribution >= 4 is 23.1 Å². The molecule has 2 aromatic carbocycles. The molecule has 0 aliphatic carbocycles. The summed E-state index contributed by atoms with van der Waals surface area (Å²) < 4.78 is 13.1. The molecule has 8 heteroatoms. The molecule has 1 amide bonds. The summed E-state index contributed by atoms with van der Waals surface area (Å²) in [5.41, 5.74) is 4.19. The molecular weight excluding hydrogens is 482 g/mol. The van der Waals surface area contributed by atoms with Crippen LogP contribution in [0.1, 0.15) is 34.1 Å². The molecule has 1 N–H and O–H groups in total. The number of ketones is 1. The quantitative estimate of drug-likeness (QED) is 0.211. The molecular formula is C30H29N3O5. The van der Waals surface area contributed by atoms with Crippen molar-refractivity contribution in [2.24, 2.45) is 0 Å². The van der Waals surface area contributed by atoms with Crippen molar-refractivity contribution in [3.05, 3.63) is 107 Å². The second-order valence-electron chi connectivity index (χ2n) is 9.26. The second-order valence-corrected chi connectivity index (χ2v) is 9.26. The lowest BCUT2D eigenvalue weighted by molar-refractivity contribution is -0.140. The van der Waals surface area contributed by atoms with E-state index in [0.717, 1.165) is 11.1 Å². The standard InChI is InChI=1S/C30H29N3O5/c1-19-9-8-14-32-20(2)25(31-29(19)32)27(34)24-26(33(15-16-37-3)30(36)28(24)35)22-12-7-13-23(17-22)38-18-21-10-5-4-6-11-21/h4-14,17,26,34H,15-16,18H2,1-3H3/b27-24+. The molecule has 5 rings (SSSR count). The molecule has 1 fully saturated rings. The van der Waals surface area contributed by atoms with E-state index in [1.807, 2.05) is 85.1 Å². The number of Topliss-reactive ketones (excluding diaryl/α,β-unsaturated/α-hetero) is 1. The van der Waals surface area contributed by atoms with Crippen molar-refractivity contribution in [3.8, 4) is 5.75 Å². The summed E-state index contributed by atoms with van der Waals surface area (Å²) in [5.74, 6) is -1.16. The van der Waals surface area contributed by atoms with Gasteiger partial charge in [-0.3, -0.25) is 9.59 Å². The van der Waals surface area contributed by atoms with Crippen LogP contribution in [-0.4, -0.2) is 51.3 Å². The summed E-state index contributed by atoms with van der Waals surface area (Å²) >= 11 is 0. The van der Waals surface area contributed by atoms with Crippen LogP contribution in [0.4, 0.5) is 0 Å². The summed E-state index contributed by atoms with van der Waals surface area (Å²) in [6.07, 6.45) is 1.85. The van der Waals surface area contributed by atoms with Crippen LogP contribution in [-0.2, 0) is 20.9 Å². The third kappa shape index (κ3) is 4.54. The lowest BCUT2D eigenvalue weighted by atomic mass is 9.96. The number of aromatic nitrogens is 2. The molecule has 1 atom stereocenters. The molecule has 1 saturated heterocycles. The number of aliphatic hydroxyl groups is 1. The average molecular weight is 512 g/mol. The Balaban J connectivity index is 1.59. The van der Waals surface area contributed by atoms with Crippen LogP contribution in [0.15, 0.2) is 78.5 Å². The van der Waals surface area contributed by atoms with Gasteiger partial charge in [-0.15, -0.1) is 0 Å². The smallest absolute Gasteiger partial charge is 0.295 e. The van der Waals surface area contributed by atoms with Crippen LogP contribution >= 0.6 is 0 Å². The van der Waals surface area contributed by atoms with Crippen molar-refractivity contribution < 1.29 is 24.2 Å². The average Bonchev–Trinajstić information content (AvgIpc) is 3.41. The number of hydrogen-bond acceptors (Lipinski definition) is 6. The first-order valence-electron chi connectivity index (χ1n) is 12.4. The molecule has 1 unspecified atom stereocenters. The number of likely N-dealkylation sites (tertiary alicyclic amines) is 1. The van der Waals surface area contributed by atoms with Gasteiger partial charge in [0.25, 0.3) is 11.7 Å². The minimum Gasteiger partial charge on any atom is -0.505 e. The number of pyridine rings is 1. The summed E-state index contributed by atoms with van der Waals surface area (Å²) in [5, 5.41) is 11.5. The van der Waals surface area contributed by atoms with Crippen molar-refractivity contribution in [3.63, 3.8) is 0 Å². The molecule has 0 spiro atoms. The lowest BCUT2D eigenvalue weighted by Crippen LogP contribution is -2.32. The maximum Gasteiger partial charge on any atom is 0.295 e. The number of carbonyl (C=O) groups excluding carboxylic acids is 2. The van der Waals surface area contributed by atoms with E-state index in [2.05, 4.69) is 4.98 Å². The number of imidazole rings is 1. The number of benzene rings is 2. The molecule has 2 aromatic heterocycles. The molecule has 0 saturated carbocycles. The van der Waals surface area contributed by atoms with Gasteiger partial charge in [0, 0.05) is 19.9 Å². The number of nitrogens with zero attached hydrogens (tertiary/aromatic N) is 3. The number of aliphatic hydroxyl groups excluding tert-OH is 1. The largest absolute Gasteiger partial charge is 0.505 e. The van der Waals surface area contributed by atoms with Gasteiger partial charge in [0.15, 0.2) is 5.76 Å². The minimum absolute atomic E-state index is 0.00419. The SMILES string of the molecule is COCCN1C(=O)C(=O)/C(=C(/O)c2nc3c(C)cccn3c2C)C1c1cccc(OCc2ccccc2)c1. The van der Waals surface area contributed by atoms with E-state index in [0.29, 0.717) is 29.3 Å². The Hall–Kier alpha value is -4.43. The van der Waals surface area contributed by atoms with E-state index in [-0.39, 0.29) is 30.2 Å². The van der Waals surface area contributed by atoms with E-state index in [9.17, 15) is 14.7 Å². The highest BCUT2D eigenvalue weighted by Crippen LogP contribution is 2.40. The third-order valence-corrected chi connectivity index (χ3v) is 6.81. The van der Waals surface area contributed by atoms with Crippen LogP contribution in [0.5, 0.6) is 5.75 Å². The van der Waals surface area contributed by atoms with Gasteiger partial charge in [0.2, 0.25) is 0 Å². The van der Waals surface area contributed by atoms with Crippen molar-refractivity contribution in [2.75, 3.05) is 20.3 Å². The van der Waals surface area contributed by atoms with Gasteiger partial charge >= 0.3 is 0 Å². The summed E-state index contributed by atoms with van der Waals surface area (Å²) in [4.78, 5) is 32.6. The van der Waals surface area contributed by atoms with Gasteiger partial charge in [0.1, 0.15) is 23.7 Å². The van der Waals surface area contributed by atoms with Crippen LogP contribution in [0.25, 0.3) is 11.4 Å². The molecule has 194 valence electrons. The van der Waals surface area contributed by atoms with Crippen LogP contribution < -0.4 is 4.74 Å². The third-order valence-electron chi connectivity index (χ3n) is 6.81. The van der Waals surface area contributed by atoms with E-state index in [1.165, 1.54) is 12.0 Å². The van der Waals surface area contributed by atoms with Gasteiger partial charge < -0.3 is 23.9 Å². The molecule has 4 aromatic rings. The number of ether oxygens (including phenoxy) is 2. The molecule has 1 aliphatic rings. The zero-order valence-electron chi connectivity index (χ0n) is 21.5. The molecule has 8 nitrogen and oxygen atoms in total. The van der Waals surface area contributed by atoms with Crippen LogP contribution in [0.2, 0.25) is 0 Å². The highest BCUT2D eigenvalue weighted by Gasteiger charge is 2.46. The zero-order valence-corrected chi connectivity index (χ0v) is 21.5. The maximum absolute atomic E-state index is 13.4. The van der Waals surface area contributed by atoms with E-state index in [1.54, 1.807) is 6.07 Å². The Morgan fingerprint density at radius 2 is 1.82 bits per heavy atom. The fourth-order valence-corrected chi connectivity index (χ4v) is 4.84. The molecule has 3 heterocycles. The van der Waals surface area contributed by atoms with Gasteiger partial charge in [-0.2, -0.15) is 0 Å². The van der Waals surface area contributed by atoms with Crippen molar-refractivity contribution in [1.29, 1.82) is 0 Å². The number of fused-ring (bicyclic) bond motifs is 1. The Morgan fingerprint density at radius 1 is 1.03 bits per heavy atom. The summed E-state index contributed by atoms with van der Waals surface area (Å²) in [6, 6.07) is 20.0. The first-order chi connectivity index (χ1) is 18.4. The van der Waals surface area contributed by atoms with Gasteiger partial charge in [-0.05, 0) is 48.7 Å². The lowest BCUT2D eigenvalue weighted by Gasteiger charge is -2.25. The first kappa shape index (κ1) is 25.2. The van der Waals surface area contributed by atoms with Gasteiger partial charge in [0.05, 0.1) is 23.9 Å². The van der Waals surface area contributed by atoms with Crippen LogP contribution in [0.3, 0.4) is 0 Å². The Morgan fingerprint density at radius 3 is 2.55 bits per heavy atom. The number of carbonyl (C=O) groups is 2. The number of methoxy groups -OCH3 is 1. The number of amides is 1. The fraction of sp³-hybridized carbons (Fsp3) is 0.233. The first-order valence-corrected chi connectivity index (χ1v) is 12.4. The highest BCUT2D eigenvalue weighted by atomic mass is 16.5. The molecule has 0 bridgehead atoms. The highest BCUT2D eigenvalue weighted by molar-refractivity contribution is 6.46. The Labute approximate surface area is 220 Å². The fourth-order valence-electron chi connectivity index (χ4n) is 4.84. The Bertz CT molecular complexity index is 1540. The predicted molar refractivity (Wildman–Crippen MR) is 143 cm³/mol. The molecule has 0 radical (unpaired) electrons. The van der Waals surface area contributed by atoms with E-state index < -0.39 is 17.7 Å². The zero-order chi connectivity index (χ0) is 26.8. The normalized spacial score (nSPS) is 16.9. The number of hydrogen-bond donors (Lipinski definition) is 1. The van der Waals surface area contributed by atoms with E-state index >= 15 is 0 Å². The van der Waals surface area contributed by atoms with Crippen molar-refractivity contribution in [1.82, 2.24) is 14.3 Å². The number of rotatable bonds is 8. The monoisotopic (exact) mass is 511 g/mol. The van der Waals surface area contributed by atoms with Gasteiger partial charge in [-0.1, -0.05) is 48.5 Å².